The number of piperidine rings is 1. The first-order chi connectivity index (χ1) is 12.2. The highest BCUT2D eigenvalue weighted by molar-refractivity contribution is 7.10. The summed E-state index contributed by atoms with van der Waals surface area (Å²) >= 11 is 1.56. The fourth-order valence-corrected chi connectivity index (χ4v) is 4.08. The molecule has 134 valence electrons. The fourth-order valence-electron chi connectivity index (χ4n) is 3.29. The number of rotatable bonds is 7. The van der Waals surface area contributed by atoms with E-state index in [9.17, 15) is 4.79 Å². The summed E-state index contributed by atoms with van der Waals surface area (Å²) < 4.78 is 0. The van der Waals surface area contributed by atoms with Gasteiger partial charge >= 0.3 is 0 Å². The number of benzene rings is 1. The number of hydrogen-bond acceptors (Lipinski definition) is 4. The van der Waals surface area contributed by atoms with E-state index >= 15 is 0 Å². The molecule has 1 N–H and O–H groups in total. The van der Waals surface area contributed by atoms with Crippen LogP contribution in [-0.2, 0) is 11.2 Å². The second-order valence-corrected chi connectivity index (χ2v) is 7.67. The van der Waals surface area contributed by atoms with Gasteiger partial charge in [0.2, 0.25) is 5.91 Å². The molecule has 0 bridgehead atoms. The Bertz CT molecular complexity index is 692. The maximum atomic E-state index is 12.1. The van der Waals surface area contributed by atoms with Crippen molar-refractivity contribution >= 4 is 17.2 Å². The number of thiazole rings is 1. The van der Waals surface area contributed by atoms with Crippen molar-refractivity contribution in [3.05, 3.63) is 40.2 Å². The van der Waals surface area contributed by atoms with E-state index < -0.39 is 0 Å². The van der Waals surface area contributed by atoms with Crippen LogP contribution in [0.3, 0.4) is 0 Å². The molecule has 0 unspecified atom stereocenters. The van der Waals surface area contributed by atoms with Crippen LogP contribution >= 0.6 is 11.3 Å². The molecule has 1 aliphatic heterocycles. The van der Waals surface area contributed by atoms with Crippen molar-refractivity contribution in [2.24, 2.45) is 0 Å². The van der Waals surface area contributed by atoms with Crippen molar-refractivity contribution in [2.75, 3.05) is 26.2 Å². The van der Waals surface area contributed by atoms with E-state index in [0.29, 0.717) is 6.42 Å². The molecule has 5 heteroatoms. The van der Waals surface area contributed by atoms with Crippen LogP contribution in [0.5, 0.6) is 0 Å². The number of nitrogens with zero attached hydrogens (tertiary/aromatic N) is 2. The Balaban J connectivity index is 1.42. The predicted molar refractivity (Wildman–Crippen MR) is 104 cm³/mol. The largest absolute Gasteiger partial charge is 0.356 e. The molecule has 0 spiro atoms. The van der Waals surface area contributed by atoms with Gasteiger partial charge in [-0.1, -0.05) is 30.7 Å². The molecule has 2 heterocycles. The van der Waals surface area contributed by atoms with Gasteiger partial charge in [0.15, 0.2) is 0 Å². The van der Waals surface area contributed by atoms with Gasteiger partial charge in [0.25, 0.3) is 0 Å². The quantitative estimate of drug-likeness (QED) is 0.769. The molecule has 0 saturated carbocycles. The van der Waals surface area contributed by atoms with Gasteiger partial charge in [0, 0.05) is 17.5 Å². The van der Waals surface area contributed by atoms with Gasteiger partial charge in [-0.25, -0.2) is 4.98 Å². The maximum Gasteiger partial charge on any atom is 0.226 e. The Morgan fingerprint density at radius 2 is 2.04 bits per heavy atom. The minimum atomic E-state index is 0.0735. The molecule has 0 atom stereocenters. The van der Waals surface area contributed by atoms with E-state index in [4.69, 9.17) is 0 Å². The zero-order valence-electron chi connectivity index (χ0n) is 15.0. The van der Waals surface area contributed by atoms with Gasteiger partial charge in [-0.05, 0) is 51.4 Å². The Morgan fingerprint density at radius 3 is 2.84 bits per heavy atom. The topological polar surface area (TPSA) is 45.2 Å². The molecule has 3 rings (SSSR count). The Kier molecular flexibility index (Phi) is 6.59. The highest BCUT2D eigenvalue weighted by Crippen LogP contribution is 2.25. The van der Waals surface area contributed by atoms with Crippen LogP contribution in [0, 0.1) is 6.92 Å². The van der Waals surface area contributed by atoms with Crippen molar-refractivity contribution in [3.63, 3.8) is 0 Å². The van der Waals surface area contributed by atoms with Crippen LogP contribution in [-0.4, -0.2) is 42.0 Å². The molecule has 1 saturated heterocycles. The van der Waals surface area contributed by atoms with Gasteiger partial charge in [-0.2, -0.15) is 0 Å². The summed E-state index contributed by atoms with van der Waals surface area (Å²) in [5.41, 5.74) is 3.32. The van der Waals surface area contributed by atoms with Gasteiger partial charge < -0.3 is 10.2 Å². The average molecular weight is 358 g/mol. The number of nitrogens with one attached hydrogen (secondary N) is 1. The minimum absolute atomic E-state index is 0.0735. The molecule has 2 aromatic rings. The smallest absolute Gasteiger partial charge is 0.226 e. The minimum Gasteiger partial charge on any atom is -0.356 e. The van der Waals surface area contributed by atoms with Crippen LogP contribution in [0.25, 0.3) is 11.3 Å². The Labute approximate surface area is 154 Å². The van der Waals surface area contributed by atoms with Crippen molar-refractivity contribution < 1.29 is 4.79 Å². The molecule has 1 aromatic carbocycles. The summed E-state index contributed by atoms with van der Waals surface area (Å²) in [7, 11) is 0. The molecular formula is C20H27N3OS. The summed E-state index contributed by atoms with van der Waals surface area (Å²) in [4.78, 5) is 19.3. The molecule has 1 aliphatic rings. The zero-order chi connectivity index (χ0) is 17.5. The molecule has 0 aliphatic carbocycles. The predicted octanol–water partition coefficient (Wildman–Crippen LogP) is 3.65. The number of likely N-dealkylation sites (tertiary alicyclic amines) is 1. The summed E-state index contributed by atoms with van der Waals surface area (Å²) in [6.07, 6.45) is 5.41. The fraction of sp³-hybridized carbons (Fsp3) is 0.500. The average Bonchev–Trinajstić information content (AvgIpc) is 3.08. The highest BCUT2D eigenvalue weighted by atomic mass is 32.1. The first-order valence-corrected chi connectivity index (χ1v) is 10.1. The van der Waals surface area contributed by atoms with Crippen LogP contribution in [0.2, 0.25) is 0 Å². The number of carbonyl (C=O) groups excluding carboxylic acids is 1. The molecular weight excluding hydrogens is 330 g/mol. The first-order valence-electron chi connectivity index (χ1n) is 9.22. The number of aryl methyl sites for hydroxylation is 1. The standard InChI is InChI=1S/C20H27N3OS/c1-16-8-3-4-9-17(16)18-15-25-20(22-18)14-19(24)21-10-7-13-23-11-5-2-6-12-23/h3-4,8-9,15H,2,5-7,10-14H2,1H3,(H,21,24). The highest BCUT2D eigenvalue weighted by Gasteiger charge is 2.11. The second-order valence-electron chi connectivity index (χ2n) is 6.72. The van der Waals surface area contributed by atoms with Crippen molar-refractivity contribution in [1.29, 1.82) is 0 Å². The first kappa shape index (κ1) is 18.1. The molecule has 0 radical (unpaired) electrons. The summed E-state index contributed by atoms with van der Waals surface area (Å²) in [6, 6.07) is 8.22. The third-order valence-electron chi connectivity index (χ3n) is 4.71. The van der Waals surface area contributed by atoms with Gasteiger partial charge in [-0.15, -0.1) is 11.3 Å². The van der Waals surface area contributed by atoms with Crippen LogP contribution in [0.4, 0.5) is 0 Å². The second kappa shape index (κ2) is 9.11. The van der Waals surface area contributed by atoms with Gasteiger partial charge in [0.1, 0.15) is 5.01 Å². The van der Waals surface area contributed by atoms with E-state index in [1.54, 1.807) is 11.3 Å². The van der Waals surface area contributed by atoms with E-state index in [-0.39, 0.29) is 5.91 Å². The molecule has 1 fully saturated rings. The van der Waals surface area contributed by atoms with Crippen LogP contribution in [0.15, 0.2) is 29.6 Å². The molecule has 1 aromatic heterocycles. The monoisotopic (exact) mass is 357 g/mol. The number of aromatic nitrogens is 1. The Hall–Kier alpha value is -1.72. The van der Waals surface area contributed by atoms with E-state index in [0.717, 1.165) is 35.8 Å². The number of hydrogen-bond donors (Lipinski definition) is 1. The summed E-state index contributed by atoms with van der Waals surface area (Å²) in [5, 5.41) is 5.96. The van der Waals surface area contributed by atoms with E-state index in [2.05, 4.69) is 34.3 Å². The van der Waals surface area contributed by atoms with Crippen LogP contribution < -0.4 is 5.32 Å². The van der Waals surface area contributed by atoms with Crippen LogP contribution in [0.1, 0.15) is 36.3 Å². The van der Waals surface area contributed by atoms with E-state index in [1.165, 1.54) is 37.9 Å². The number of carbonyl (C=O) groups is 1. The van der Waals surface area contributed by atoms with E-state index in [1.807, 2.05) is 17.5 Å². The lowest BCUT2D eigenvalue weighted by Crippen LogP contribution is -2.33. The molecule has 25 heavy (non-hydrogen) atoms. The molecule has 1 amide bonds. The lowest BCUT2D eigenvalue weighted by molar-refractivity contribution is -0.120. The number of amides is 1. The third kappa shape index (κ3) is 5.38. The third-order valence-corrected chi connectivity index (χ3v) is 5.56. The Morgan fingerprint density at radius 1 is 1.24 bits per heavy atom. The normalized spacial score (nSPS) is 15.2. The van der Waals surface area contributed by atoms with Gasteiger partial charge in [-0.3, -0.25) is 4.79 Å². The van der Waals surface area contributed by atoms with Crippen molar-refractivity contribution in [2.45, 2.75) is 39.0 Å². The lowest BCUT2D eigenvalue weighted by atomic mass is 10.1. The van der Waals surface area contributed by atoms with Gasteiger partial charge in [0.05, 0.1) is 12.1 Å². The van der Waals surface area contributed by atoms with Crippen molar-refractivity contribution in [3.8, 4) is 11.3 Å². The summed E-state index contributed by atoms with van der Waals surface area (Å²) in [6.45, 7) is 6.37. The summed E-state index contributed by atoms with van der Waals surface area (Å²) in [5.74, 6) is 0.0735. The SMILES string of the molecule is Cc1ccccc1-c1csc(CC(=O)NCCCN2CCCCC2)n1. The van der Waals surface area contributed by atoms with Crippen molar-refractivity contribution in [1.82, 2.24) is 15.2 Å². The molecule has 4 nitrogen and oxygen atoms in total. The maximum absolute atomic E-state index is 12.1. The lowest BCUT2D eigenvalue weighted by Gasteiger charge is -2.26. The zero-order valence-corrected chi connectivity index (χ0v) is 15.8.